The van der Waals surface area contributed by atoms with Gasteiger partial charge in [-0.15, -0.1) is 0 Å². The van der Waals surface area contributed by atoms with Gasteiger partial charge in [-0.3, -0.25) is 0 Å². The molecule has 0 amide bonds. The quantitative estimate of drug-likeness (QED) is 0.190. The summed E-state index contributed by atoms with van der Waals surface area (Å²) in [4.78, 5) is 1.18. The van der Waals surface area contributed by atoms with Crippen molar-refractivity contribution in [1.29, 1.82) is 0 Å². The van der Waals surface area contributed by atoms with Crippen LogP contribution in [-0.4, -0.2) is 38.6 Å². The van der Waals surface area contributed by atoms with Crippen molar-refractivity contribution in [3.05, 3.63) is 22.4 Å². The average molecular weight is 829 g/mol. The molecule has 272 valence electrons. The maximum absolute atomic E-state index is 5.63. The molecular weight excluding hydrogens is 758 g/mol. The Morgan fingerprint density at radius 2 is 0.702 bits per heavy atom. The Morgan fingerprint density at radius 1 is 0.447 bits per heavy atom. The number of hydrogen-bond acceptors (Lipinski definition) is 1. The number of thiophene rings is 1. The van der Waals surface area contributed by atoms with Crippen molar-refractivity contribution in [2.45, 2.75) is 227 Å². The molecule has 0 radical (unpaired) electrons. The average Bonchev–Trinajstić information content (AvgIpc) is 3.65. The third kappa shape index (κ3) is 13.8. The van der Waals surface area contributed by atoms with E-state index in [1.54, 1.807) is 165 Å². The van der Waals surface area contributed by atoms with Gasteiger partial charge in [0.25, 0.3) is 0 Å². The fourth-order valence-corrected chi connectivity index (χ4v) is 23.3. The van der Waals surface area contributed by atoms with Crippen LogP contribution < -0.4 is 0 Å². The molecule has 0 aliphatic heterocycles. The molecule has 0 saturated heterocycles. The predicted molar refractivity (Wildman–Crippen MR) is 216 cm³/mol. The van der Waals surface area contributed by atoms with E-state index in [1.165, 1.54) is 77.4 Å². The molecule has 0 unspecified atom stereocenters. The molecular formula is C41H70Cl2P2RuS. The molecule has 6 aliphatic rings. The van der Waals surface area contributed by atoms with E-state index < -0.39 is 13.5 Å². The van der Waals surface area contributed by atoms with E-state index in [4.69, 9.17) is 19.4 Å². The molecule has 6 fully saturated rings. The molecule has 0 aromatic carbocycles. The van der Waals surface area contributed by atoms with E-state index in [0.717, 1.165) is 0 Å². The molecule has 1 aromatic rings. The number of hydrogen-bond donors (Lipinski definition) is 0. The molecule has 0 N–H and O–H groups in total. The van der Waals surface area contributed by atoms with Crippen LogP contribution in [0, 0.1) is 0 Å². The predicted octanol–water partition coefficient (Wildman–Crippen LogP) is 15.8. The summed E-state index contributed by atoms with van der Waals surface area (Å²) in [6.45, 7) is 0. The summed E-state index contributed by atoms with van der Waals surface area (Å²) in [6.07, 6.45) is 47.2. The van der Waals surface area contributed by atoms with Gasteiger partial charge in [-0.05, 0) is 111 Å². The first kappa shape index (κ1) is 39.8. The van der Waals surface area contributed by atoms with E-state index in [-0.39, 0.29) is 0 Å². The summed E-state index contributed by atoms with van der Waals surface area (Å²) in [5, 5.41) is 2.01. The van der Waals surface area contributed by atoms with Crippen LogP contribution in [0.2, 0.25) is 0 Å². The van der Waals surface area contributed by atoms with Crippen molar-refractivity contribution in [3.8, 4) is 0 Å². The summed E-state index contributed by atoms with van der Waals surface area (Å²) in [5.41, 5.74) is 7.14. The Bertz CT molecular complexity index is 809. The summed E-state index contributed by atoms with van der Waals surface area (Å²) < 4.78 is 1.94. The van der Waals surface area contributed by atoms with Gasteiger partial charge in [0.2, 0.25) is 0 Å². The molecule has 1 heterocycles. The molecule has 0 bridgehead atoms. The molecule has 0 spiro atoms. The third-order valence-electron chi connectivity index (χ3n) is 12.7. The fraction of sp³-hybridized carbons (Fsp3) is 0.878. The van der Waals surface area contributed by atoms with E-state index >= 15 is 0 Å². The minimum absolute atomic E-state index is 0.385. The second-order valence-corrected chi connectivity index (χ2v) is 28.8. The molecule has 47 heavy (non-hydrogen) atoms. The Labute approximate surface area is 311 Å². The van der Waals surface area contributed by atoms with Gasteiger partial charge in [-0.2, -0.15) is 0 Å². The maximum atomic E-state index is 5.63. The van der Waals surface area contributed by atoms with Crippen LogP contribution >= 0.6 is 46.6 Å². The zero-order chi connectivity index (χ0) is 32.5. The second kappa shape index (κ2) is 23.3. The van der Waals surface area contributed by atoms with Gasteiger partial charge in [0, 0.05) is 0 Å². The van der Waals surface area contributed by atoms with Crippen LogP contribution in [0.25, 0.3) is 0 Å². The molecule has 0 nitrogen and oxygen atoms in total. The monoisotopic (exact) mass is 828 g/mol. The summed E-state index contributed by atoms with van der Waals surface area (Å²) in [7, 11) is 12.0. The van der Waals surface area contributed by atoms with Crippen LogP contribution in [0.1, 0.15) is 198 Å². The van der Waals surface area contributed by atoms with E-state index in [1.807, 2.05) is 22.1 Å². The first-order valence-electron chi connectivity index (χ1n) is 20.6. The zero-order valence-corrected chi connectivity index (χ0v) is 35.8. The van der Waals surface area contributed by atoms with Gasteiger partial charge in [0.1, 0.15) is 0 Å². The van der Waals surface area contributed by atoms with Crippen LogP contribution in [0.5, 0.6) is 0 Å². The second-order valence-electron chi connectivity index (χ2n) is 16.0. The molecule has 6 saturated carbocycles. The van der Waals surface area contributed by atoms with Crippen LogP contribution in [0.3, 0.4) is 0 Å². The van der Waals surface area contributed by atoms with Crippen molar-refractivity contribution < 1.29 is 13.5 Å². The summed E-state index contributed by atoms with van der Waals surface area (Å²) >= 11 is 0.0926. The van der Waals surface area contributed by atoms with Crippen LogP contribution in [-0.2, 0) is 13.5 Å². The number of halogens is 2. The fourth-order valence-electron chi connectivity index (χ4n) is 10.5. The molecule has 7 rings (SSSR count). The van der Waals surface area contributed by atoms with Crippen molar-refractivity contribution in [3.63, 3.8) is 0 Å². The van der Waals surface area contributed by atoms with Gasteiger partial charge in [0.15, 0.2) is 0 Å². The topological polar surface area (TPSA) is 0 Å². The van der Waals surface area contributed by atoms with Crippen LogP contribution in [0.4, 0.5) is 0 Å². The SMILES string of the molecule is C1CCC(P(C2CCCCC2)C2CCCCC2)CC1.C1CCC(P(C2CCCCC2)C2CCCCC2)CC1.[Cl][Ru]([Cl])=[CH]c1cccs1. The van der Waals surface area contributed by atoms with Gasteiger partial charge >= 0.3 is 71.2 Å². The van der Waals surface area contributed by atoms with E-state index in [2.05, 4.69) is 0 Å². The summed E-state index contributed by atoms with van der Waals surface area (Å²) in [5.74, 6) is 0. The third-order valence-corrected chi connectivity index (χ3v) is 23.8. The Hall–Kier alpha value is 1.63. The molecule has 6 aliphatic carbocycles. The Balaban J connectivity index is 0.000000148. The molecule has 6 heteroatoms. The Kier molecular flexibility index (Phi) is 19.8. The normalized spacial score (nSPS) is 25.5. The minimum atomic E-state index is -1.57. The van der Waals surface area contributed by atoms with Crippen molar-refractivity contribution >= 4 is 51.2 Å². The van der Waals surface area contributed by atoms with E-state index in [0.29, 0.717) is 15.8 Å². The van der Waals surface area contributed by atoms with Crippen molar-refractivity contribution in [2.75, 3.05) is 0 Å². The zero-order valence-electron chi connectivity index (χ0n) is 29.9. The summed E-state index contributed by atoms with van der Waals surface area (Å²) in [6, 6.07) is 4.00. The van der Waals surface area contributed by atoms with Crippen molar-refractivity contribution in [1.82, 2.24) is 0 Å². The first-order chi connectivity index (χ1) is 23.2. The molecule has 1 aromatic heterocycles. The van der Waals surface area contributed by atoms with Crippen LogP contribution in [0.15, 0.2) is 17.5 Å². The van der Waals surface area contributed by atoms with Gasteiger partial charge in [0.05, 0.1) is 0 Å². The van der Waals surface area contributed by atoms with Gasteiger partial charge in [-0.25, -0.2) is 0 Å². The Morgan fingerprint density at radius 3 is 0.894 bits per heavy atom. The standard InChI is InChI=1S/2C18H33P.C5H4S.2ClH.Ru/c2*1-4-10-16(11-5-1)19(17-12-6-2-7-13-17)18-14-8-3-9-15-18;1-5-3-2-4-6-5;;;/h2*16-18H,1-15H2;1-4H;2*1H;/q;;;;;+2/p-2. The van der Waals surface area contributed by atoms with Crippen molar-refractivity contribution in [2.24, 2.45) is 0 Å². The molecule has 0 atom stereocenters. The van der Waals surface area contributed by atoms with E-state index in [9.17, 15) is 0 Å². The number of rotatable bonds is 7. The van der Waals surface area contributed by atoms with Gasteiger partial charge in [-0.1, -0.05) is 131 Å². The van der Waals surface area contributed by atoms with Gasteiger partial charge < -0.3 is 0 Å². The first-order valence-corrected chi connectivity index (χ1v) is 30.1.